The molecule has 150 valence electrons. The molecular weight excluding hydrogens is 419 g/mol. The zero-order chi connectivity index (χ0) is 20.3. The predicted molar refractivity (Wildman–Crippen MR) is 111 cm³/mol. The molecule has 2 aromatic carbocycles. The minimum Gasteiger partial charge on any atom is -0.337 e. The van der Waals surface area contributed by atoms with Crippen LogP contribution in [0, 0.1) is 0 Å². The van der Waals surface area contributed by atoms with Crippen LogP contribution < -0.4 is 0 Å². The summed E-state index contributed by atoms with van der Waals surface area (Å²) in [5.74, 6) is -0.262. The molecule has 0 bridgehead atoms. The van der Waals surface area contributed by atoms with Gasteiger partial charge in [-0.3, -0.25) is 4.79 Å². The Labute approximate surface area is 175 Å². The van der Waals surface area contributed by atoms with E-state index < -0.39 is 10.0 Å². The number of benzene rings is 2. The first-order chi connectivity index (χ1) is 13.3. The van der Waals surface area contributed by atoms with Gasteiger partial charge in [-0.05, 0) is 48.7 Å². The number of halogens is 2. The van der Waals surface area contributed by atoms with Crippen molar-refractivity contribution < 1.29 is 13.2 Å². The lowest BCUT2D eigenvalue weighted by molar-refractivity contribution is 0.0785. The first-order valence-electron chi connectivity index (χ1n) is 9.08. The third-order valence-corrected chi connectivity index (χ3v) is 7.42. The van der Waals surface area contributed by atoms with Crippen LogP contribution in [0.4, 0.5) is 0 Å². The van der Waals surface area contributed by atoms with Gasteiger partial charge in [-0.15, -0.1) is 0 Å². The fraction of sp³-hybridized carbons (Fsp3) is 0.350. The molecule has 3 rings (SSSR count). The molecule has 1 amide bonds. The zero-order valence-electron chi connectivity index (χ0n) is 15.6. The number of piperidine rings is 1. The van der Waals surface area contributed by atoms with Crippen LogP contribution in [0.25, 0.3) is 0 Å². The van der Waals surface area contributed by atoms with Gasteiger partial charge in [0.05, 0.1) is 14.9 Å². The third kappa shape index (κ3) is 4.69. The van der Waals surface area contributed by atoms with Gasteiger partial charge in [0.1, 0.15) is 0 Å². The molecule has 8 heteroatoms. The number of hydrogen-bond acceptors (Lipinski definition) is 3. The molecule has 28 heavy (non-hydrogen) atoms. The summed E-state index contributed by atoms with van der Waals surface area (Å²) >= 11 is 12.0. The van der Waals surface area contributed by atoms with E-state index in [0.717, 1.165) is 24.8 Å². The van der Waals surface area contributed by atoms with E-state index in [1.807, 2.05) is 0 Å². The van der Waals surface area contributed by atoms with Crippen molar-refractivity contribution in [3.05, 3.63) is 63.6 Å². The van der Waals surface area contributed by atoms with Gasteiger partial charge in [-0.2, -0.15) is 4.31 Å². The van der Waals surface area contributed by atoms with Crippen LogP contribution in [-0.4, -0.2) is 43.7 Å². The second-order valence-corrected chi connectivity index (χ2v) is 9.65. The topological polar surface area (TPSA) is 57.7 Å². The van der Waals surface area contributed by atoms with Crippen molar-refractivity contribution in [2.75, 3.05) is 20.1 Å². The lowest BCUT2D eigenvalue weighted by Gasteiger charge is -2.26. The van der Waals surface area contributed by atoms with E-state index in [1.165, 1.54) is 15.3 Å². The van der Waals surface area contributed by atoms with Crippen LogP contribution in [0.1, 0.15) is 35.2 Å². The quantitative estimate of drug-likeness (QED) is 0.690. The minimum absolute atomic E-state index is 0.156. The molecule has 0 N–H and O–H groups in total. The number of carbonyl (C=O) groups is 1. The lowest BCUT2D eigenvalue weighted by atomic mass is 10.1. The highest BCUT2D eigenvalue weighted by Gasteiger charge is 2.26. The number of carbonyl (C=O) groups excluding carboxylic acids is 1. The molecule has 1 fully saturated rings. The molecular formula is C20H22Cl2N2O3S. The van der Waals surface area contributed by atoms with E-state index >= 15 is 0 Å². The van der Waals surface area contributed by atoms with Crippen molar-refractivity contribution >= 4 is 39.1 Å². The summed E-state index contributed by atoms with van der Waals surface area (Å²) in [5, 5.41) is 0.879. The van der Waals surface area contributed by atoms with Gasteiger partial charge in [0.2, 0.25) is 10.0 Å². The largest absolute Gasteiger partial charge is 0.337 e. The molecule has 1 aliphatic rings. The van der Waals surface area contributed by atoms with Crippen molar-refractivity contribution in [2.45, 2.75) is 30.7 Å². The normalized spacial score (nSPS) is 15.4. The number of sulfonamides is 1. The number of amides is 1. The molecule has 0 spiro atoms. The van der Waals surface area contributed by atoms with Crippen LogP contribution in [0.3, 0.4) is 0 Å². The van der Waals surface area contributed by atoms with Crippen molar-refractivity contribution in [3.63, 3.8) is 0 Å². The molecule has 1 aliphatic heterocycles. The zero-order valence-corrected chi connectivity index (χ0v) is 17.9. The Bertz CT molecular complexity index is 973. The predicted octanol–water partition coefficient (Wildman–Crippen LogP) is 4.44. The summed E-state index contributed by atoms with van der Waals surface area (Å²) in [5.41, 5.74) is 1.17. The summed E-state index contributed by atoms with van der Waals surface area (Å²) in [6, 6.07) is 11.4. The minimum atomic E-state index is -3.58. The lowest BCUT2D eigenvalue weighted by Crippen LogP contribution is -2.35. The molecule has 0 aliphatic carbocycles. The fourth-order valence-electron chi connectivity index (χ4n) is 3.25. The molecule has 0 radical (unpaired) electrons. The Morgan fingerprint density at radius 2 is 1.75 bits per heavy atom. The van der Waals surface area contributed by atoms with E-state index in [4.69, 9.17) is 23.2 Å². The second-order valence-electron chi connectivity index (χ2n) is 6.90. The number of nitrogens with zero attached hydrogens (tertiary/aromatic N) is 2. The maximum atomic E-state index is 12.9. The summed E-state index contributed by atoms with van der Waals surface area (Å²) in [6.45, 7) is 1.38. The Morgan fingerprint density at radius 1 is 1.04 bits per heavy atom. The van der Waals surface area contributed by atoms with Gasteiger partial charge in [0.15, 0.2) is 0 Å². The average molecular weight is 441 g/mol. The first-order valence-corrected chi connectivity index (χ1v) is 11.3. The number of hydrogen-bond donors (Lipinski definition) is 0. The maximum Gasteiger partial charge on any atom is 0.253 e. The molecule has 5 nitrogen and oxygen atoms in total. The molecule has 0 atom stereocenters. The molecule has 1 heterocycles. The SMILES string of the molecule is CN(Cc1ccc(Cl)c(Cl)c1)C(=O)c1cccc(S(=O)(=O)N2CCCCC2)c1. The molecule has 0 aromatic heterocycles. The van der Waals surface area contributed by atoms with Gasteiger partial charge < -0.3 is 4.90 Å². The Balaban J connectivity index is 1.78. The summed E-state index contributed by atoms with van der Waals surface area (Å²) in [7, 11) is -1.92. The molecule has 0 saturated carbocycles. The molecule has 0 unspecified atom stereocenters. The number of rotatable bonds is 5. The van der Waals surface area contributed by atoms with E-state index in [9.17, 15) is 13.2 Å². The van der Waals surface area contributed by atoms with Gasteiger partial charge in [0.25, 0.3) is 5.91 Å². The van der Waals surface area contributed by atoms with Crippen molar-refractivity contribution in [2.24, 2.45) is 0 Å². The molecule has 1 saturated heterocycles. The Kier molecular flexibility index (Phi) is 6.65. The highest BCUT2D eigenvalue weighted by Crippen LogP contribution is 2.24. The van der Waals surface area contributed by atoms with Crippen molar-refractivity contribution in [1.29, 1.82) is 0 Å². The van der Waals surface area contributed by atoms with Crippen molar-refractivity contribution in [1.82, 2.24) is 9.21 Å². The van der Waals surface area contributed by atoms with Gasteiger partial charge in [0, 0.05) is 32.2 Å². The fourth-order valence-corrected chi connectivity index (χ4v) is 5.13. The van der Waals surface area contributed by atoms with Crippen LogP contribution in [-0.2, 0) is 16.6 Å². The second kappa shape index (κ2) is 8.82. The first kappa shape index (κ1) is 21.1. The van der Waals surface area contributed by atoms with Gasteiger partial charge in [-0.25, -0.2) is 8.42 Å². The molecule has 2 aromatic rings. The summed E-state index contributed by atoms with van der Waals surface area (Å²) in [6.07, 6.45) is 2.78. The van der Waals surface area contributed by atoms with Crippen LogP contribution in [0.2, 0.25) is 10.0 Å². The standard InChI is InChI=1S/C20H22Cl2N2O3S/c1-23(14-15-8-9-18(21)19(22)12-15)20(25)16-6-5-7-17(13-16)28(26,27)24-10-3-2-4-11-24/h5-9,12-13H,2-4,10-11,14H2,1H3. The summed E-state index contributed by atoms with van der Waals surface area (Å²) < 4.78 is 27.2. The highest BCUT2D eigenvalue weighted by molar-refractivity contribution is 7.89. The van der Waals surface area contributed by atoms with E-state index in [-0.39, 0.29) is 10.8 Å². The van der Waals surface area contributed by atoms with E-state index in [1.54, 1.807) is 43.4 Å². The monoisotopic (exact) mass is 440 g/mol. The van der Waals surface area contributed by atoms with Crippen LogP contribution >= 0.6 is 23.2 Å². The van der Waals surface area contributed by atoms with E-state index in [0.29, 0.717) is 35.2 Å². The average Bonchev–Trinajstić information content (AvgIpc) is 2.71. The van der Waals surface area contributed by atoms with Crippen LogP contribution in [0.5, 0.6) is 0 Å². The Hall–Kier alpha value is -1.60. The van der Waals surface area contributed by atoms with Gasteiger partial charge in [-0.1, -0.05) is 41.8 Å². The third-order valence-electron chi connectivity index (χ3n) is 4.78. The highest BCUT2D eigenvalue weighted by atomic mass is 35.5. The summed E-state index contributed by atoms with van der Waals surface area (Å²) in [4.78, 5) is 14.5. The van der Waals surface area contributed by atoms with Crippen LogP contribution in [0.15, 0.2) is 47.4 Å². The maximum absolute atomic E-state index is 12.9. The van der Waals surface area contributed by atoms with Gasteiger partial charge >= 0.3 is 0 Å². The van der Waals surface area contributed by atoms with E-state index in [2.05, 4.69) is 0 Å². The smallest absolute Gasteiger partial charge is 0.253 e. The van der Waals surface area contributed by atoms with Crippen molar-refractivity contribution in [3.8, 4) is 0 Å². The Morgan fingerprint density at radius 3 is 2.43 bits per heavy atom.